The van der Waals surface area contributed by atoms with Gasteiger partial charge in [-0.1, -0.05) is 68.3 Å². The summed E-state index contributed by atoms with van der Waals surface area (Å²) in [4.78, 5) is 1.71. The smallest absolute Gasteiger partial charge is 0.0864 e. The van der Waals surface area contributed by atoms with E-state index in [0.29, 0.717) is 0 Å². The first-order valence-electron chi connectivity index (χ1n) is 9.23. The van der Waals surface area contributed by atoms with E-state index in [2.05, 4.69) is 80.4 Å². The third kappa shape index (κ3) is 2.93. The fourth-order valence-electron chi connectivity index (χ4n) is 3.98. The summed E-state index contributed by atoms with van der Waals surface area (Å²) in [6.45, 7) is 0. The van der Waals surface area contributed by atoms with Crippen molar-refractivity contribution in [1.82, 2.24) is 0 Å². The van der Waals surface area contributed by atoms with E-state index < -0.39 is 10.8 Å². The van der Waals surface area contributed by atoms with E-state index in [1.807, 2.05) is 24.3 Å². The van der Waals surface area contributed by atoms with Crippen LogP contribution in [0.2, 0.25) is 0 Å². The molecule has 0 saturated heterocycles. The molecule has 6 heteroatoms. The molecule has 0 aliphatic rings. The van der Waals surface area contributed by atoms with Crippen molar-refractivity contribution in [2.24, 2.45) is 0 Å². The summed E-state index contributed by atoms with van der Waals surface area (Å²) in [5.41, 5.74) is 0. The molecule has 0 radical (unpaired) electrons. The van der Waals surface area contributed by atoms with Crippen molar-refractivity contribution >= 4 is 106 Å². The molecule has 6 aromatic rings. The van der Waals surface area contributed by atoms with Crippen molar-refractivity contribution < 1.29 is 4.21 Å². The Kier molecular flexibility index (Phi) is 4.62. The predicted molar refractivity (Wildman–Crippen MR) is 139 cm³/mol. The van der Waals surface area contributed by atoms with Crippen LogP contribution in [-0.4, -0.2) is 4.21 Å². The molecule has 0 fully saturated rings. The Morgan fingerprint density at radius 3 is 1.50 bits per heavy atom. The lowest BCUT2D eigenvalue weighted by molar-refractivity contribution is 0.684. The largest absolute Gasteiger partial charge is 0.249 e. The Balaban J connectivity index is 1.72. The van der Waals surface area contributed by atoms with Gasteiger partial charge in [-0.2, -0.15) is 0 Å². The molecule has 0 aliphatic carbocycles. The van der Waals surface area contributed by atoms with Crippen molar-refractivity contribution in [3.63, 3.8) is 0 Å². The Hall–Kier alpha value is -1.57. The minimum atomic E-state index is -1.33. The van der Waals surface area contributed by atoms with Gasteiger partial charge in [-0.3, -0.25) is 0 Å². The first kappa shape index (κ1) is 19.1. The molecule has 30 heavy (non-hydrogen) atoms. The summed E-state index contributed by atoms with van der Waals surface area (Å²) in [7, 11) is -1.33. The van der Waals surface area contributed by atoms with Crippen LogP contribution in [0, 0.1) is 0 Å². The summed E-state index contributed by atoms with van der Waals surface area (Å²) in [5, 5.41) is 4.50. The molecule has 0 bridgehead atoms. The lowest BCUT2D eigenvalue weighted by Gasteiger charge is -2.09. The van der Waals surface area contributed by atoms with E-state index in [1.54, 1.807) is 22.7 Å². The van der Waals surface area contributed by atoms with E-state index in [1.165, 1.54) is 9.40 Å². The molecule has 0 N–H and O–H groups in total. The molecule has 1 nitrogen and oxygen atoms in total. The van der Waals surface area contributed by atoms with Gasteiger partial charge in [-0.15, -0.1) is 22.7 Å². The number of hydrogen-bond acceptors (Lipinski definition) is 3. The van der Waals surface area contributed by atoms with Gasteiger partial charge in [-0.05, 0) is 36.4 Å². The lowest BCUT2D eigenvalue weighted by atomic mass is 10.1. The summed E-state index contributed by atoms with van der Waals surface area (Å²) < 4.78 is 20.8. The normalized spacial score (nSPS) is 12.1. The van der Waals surface area contributed by atoms with Gasteiger partial charge in [0.25, 0.3) is 0 Å². The summed E-state index contributed by atoms with van der Waals surface area (Å²) in [5.74, 6) is 0. The highest BCUT2D eigenvalue weighted by Crippen LogP contribution is 2.44. The molecule has 6 rings (SSSR count). The van der Waals surface area contributed by atoms with Crippen molar-refractivity contribution in [3.05, 3.63) is 81.7 Å². The minimum Gasteiger partial charge on any atom is -0.249 e. The number of halogens is 2. The first-order chi connectivity index (χ1) is 14.6. The van der Waals surface area contributed by atoms with Gasteiger partial charge in [0, 0.05) is 49.3 Å². The fraction of sp³-hybridized carbons (Fsp3) is 0. The van der Waals surface area contributed by atoms with Crippen LogP contribution in [-0.2, 0) is 10.8 Å². The Bertz CT molecular complexity index is 1520. The highest BCUT2D eigenvalue weighted by molar-refractivity contribution is 9.10. The van der Waals surface area contributed by atoms with Gasteiger partial charge >= 0.3 is 0 Å². The van der Waals surface area contributed by atoms with Gasteiger partial charge < -0.3 is 0 Å². The quantitative estimate of drug-likeness (QED) is 0.202. The molecule has 0 atom stereocenters. The molecular formula is C24H12Br2OS3. The zero-order valence-electron chi connectivity index (χ0n) is 15.3. The Morgan fingerprint density at radius 2 is 1.03 bits per heavy atom. The minimum absolute atomic E-state index is 0.853. The summed E-state index contributed by atoms with van der Waals surface area (Å²) in [6, 6.07) is 25.0. The molecule has 2 aromatic heterocycles. The maximum Gasteiger partial charge on any atom is 0.0864 e. The molecule has 0 aliphatic heterocycles. The summed E-state index contributed by atoms with van der Waals surface area (Å²) in [6.07, 6.45) is 0. The predicted octanol–water partition coefficient (Wildman–Crippen LogP) is 9.11. The number of thiophene rings is 2. The fourth-order valence-corrected chi connectivity index (χ4v) is 9.49. The number of rotatable bonds is 2. The maximum atomic E-state index is 14.1. The number of fused-ring (bicyclic) bond motifs is 6. The van der Waals surface area contributed by atoms with E-state index in [0.717, 1.165) is 49.7 Å². The highest BCUT2D eigenvalue weighted by atomic mass is 79.9. The van der Waals surface area contributed by atoms with Crippen LogP contribution < -0.4 is 0 Å². The van der Waals surface area contributed by atoms with Gasteiger partial charge in [0.05, 0.1) is 20.6 Å². The number of benzene rings is 4. The van der Waals surface area contributed by atoms with Gasteiger partial charge in [0.15, 0.2) is 0 Å². The topological polar surface area (TPSA) is 17.1 Å². The first-order valence-corrected chi connectivity index (χ1v) is 13.6. The number of hydrogen-bond donors (Lipinski definition) is 0. The monoisotopic (exact) mass is 570 g/mol. The van der Waals surface area contributed by atoms with E-state index in [-0.39, 0.29) is 0 Å². The van der Waals surface area contributed by atoms with Crippen LogP contribution in [0.5, 0.6) is 0 Å². The van der Waals surface area contributed by atoms with E-state index in [9.17, 15) is 4.21 Å². The zero-order valence-corrected chi connectivity index (χ0v) is 20.9. The average molecular weight is 572 g/mol. The van der Waals surface area contributed by atoms with Gasteiger partial charge in [0.1, 0.15) is 0 Å². The van der Waals surface area contributed by atoms with Crippen LogP contribution in [0.1, 0.15) is 0 Å². The molecule has 4 aromatic carbocycles. The second kappa shape index (κ2) is 7.24. The van der Waals surface area contributed by atoms with Crippen molar-refractivity contribution in [3.8, 4) is 0 Å². The Labute approximate surface area is 200 Å². The van der Waals surface area contributed by atoms with Crippen molar-refractivity contribution in [2.45, 2.75) is 9.79 Å². The average Bonchev–Trinajstić information content (AvgIpc) is 3.29. The van der Waals surface area contributed by atoms with Crippen LogP contribution >= 0.6 is 54.5 Å². The maximum absolute atomic E-state index is 14.1. The van der Waals surface area contributed by atoms with Crippen LogP contribution in [0.3, 0.4) is 0 Å². The summed E-state index contributed by atoms with van der Waals surface area (Å²) >= 11 is 10.8. The van der Waals surface area contributed by atoms with Crippen molar-refractivity contribution in [1.29, 1.82) is 0 Å². The zero-order chi connectivity index (χ0) is 20.4. The third-order valence-electron chi connectivity index (χ3n) is 5.21. The van der Waals surface area contributed by atoms with E-state index >= 15 is 0 Å². The standard InChI is InChI=1S/C24H12Br2OS3/c25-13-9-19-23(15-5-1-3-7-17(15)28-19)21(11-13)30(27)22-12-14(26)10-20-24(22)16-6-2-4-8-18(16)29-20/h1-12H. The van der Waals surface area contributed by atoms with Crippen molar-refractivity contribution in [2.75, 3.05) is 0 Å². The lowest BCUT2D eigenvalue weighted by Crippen LogP contribution is -1.95. The van der Waals surface area contributed by atoms with Crippen LogP contribution in [0.25, 0.3) is 40.3 Å². The SMILES string of the molecule is O=S(c1cc(Br)cc2sc3ccccc3c12)c1cc(Br)cc2sc3ccccc3c12. The highest BCUT2D eigenvalue weighted by Gasteiger charge is 2.21. The molecule has 0 spiro atoms. The molecule has 2 heterocycles. The van der Waals surface area contributed by atoms with Crippen LogP contribution in [0.15, 0.2) is 91.5 Å². The van der Waals surface area contributed by atoms with Gasteiger partial charge in [0.2, 0.25) is 0 Å². The second-order valence-corrected chi connectivity index (χ2v) is 12.4. The molecule has 0 amide bonds. The second-order valence-electron chi connectivity index (χ2n) is 7.02. The molecule has 0 saturated carbocycles. The molecular weight excluding hydrogens is 560 g/mol. The van der Waals surface area contributed by atoms with Gasteiger partial charge in [-0.25, -0.2) is 4.21 Å². The van der Waals surface area contributed by atoms with Crippen LogP contribution in [0.4, 0.5) is 0 Å². The Morgan fingerprint density at radius 1 is 0.600 bits per heavy atom. The third-order valence-corrected chi connectivity index (χ3v) is 9.81. The molecule has 146 valence electrons. The molecule has 0 unspecified atom stereocenters. The van der Waals surface area contributed by atoms with E-state index in [4.69, 9.17) is 0 Å².